The fourth-order valence-corrected chi connectivity index (χ4v) is 2.10. The van der Waals surface area contributed by atoms with Crippen molar-refractivity contribution in [1.29, 1.82) is 0 Å². The predicted molar refractivity (Wildman–Crippen MR) is 80.9 cm³/mol. The van der Waals surface area contributed by atoms with Crippen molar-refractivity contribution >= 4 is 0 Å². The zero-order valence-electron chi connectivity index (χ0n) is 11.7. The molecule has 1 heterocycles. The highest BCUT2D eigenvalue weighted by Crippen LogP contribution is 2.21. The third-order valence-corrected chi connectivity index (χ3v) is 3.34. The molecular formula is C17H17N3. The van der Waals surface area contributed by atoms with Crippen molar-refractivity contribution < 1.29 is 0 Å². The topological polar surface area (TPSA) is 30.7 Å². The lowest BCUT2D eigenvalue weighted by Crippen LogP contribution is -1.94. The van der Waals surface area contributed by atoms with E-state index in [2.05, 4.69) is 72.7 Å². The van der Waals surface area contributed by atoms with Crippen LogP contribution in [0.4, 0.5) is 0 Å². The van der Waals surface area contributed by atoms with Crippen LogP contribution < -0.4 is 0 Å². The van der Waals surface area contributed by atoms with Gasteiger partial charge in [-0.15, -0.1) is 5.10 Å². The van der Waals surface area contributed by atoms with Gasteiger partial charge in [0.2, 0.25) is 0 Å². The Hall–Kier alpha value is -2.42. The average Bonchev–Trinajstić information content (AvgIpc) is 2.98. The highest BCUT2D eigenvalue weighted by Gasteiger charge is 2.06. The molecule has 0 saturated heterocycles. The molecule has 0 atom stereocenters. The first kappa shape index (κ1) is 12.6. The van der Waals surface area contributed by atoms with Crippen molar-refractivity contribution in [3.05, 3.63) is 66.5 Å². The molecule has 3 heteroatoms. The van der Waals surface area contributed by atoms with Crippen LogP contribution >= 0.6 is 0 Å². The van der Waals surface area contributed by atoms with Crippen LogP contribution in [0, 0.1) is 0 Å². The lowest BCUT2D eigenvalue weighted by atomic mass is 10.1. The maximum absolute atomic E-state index is 4.19. The smallest absolute Gasteiger partial charge is 0.0857 e. The molecule has 0 amide bonds. The Morgan fingerprint density at radius 2 is 1.50 bits per heavy atom. The summed E-state index contributed by atoms with van der Waals surface area (Å²) in [5.41, 5.74) is 4.47. The van der Waals surface area contributed by atoms with Gasteiger partial charge in [0.15, 0.2) is 0 Å². The average molecular weight is 263 g/mol. The minimum Gasteiger partial charge on any atom is -0.220 e. The Bertz CT molecular complexity index is 682. The van der Waals surface area contributed by atoms with E-state index in [-0.39, 0.29) is 0 Å². The van der Waals surface area contributed by atoms with Crippen LogP contribution in [0.5, 0.6) is 0 Å². The summed E-state index contributed by atoms with van der Waals surface area (Å²) in [6, 6.07) is 18.7. The van der Waals surface area contributed by atoms with Crippen LogP contribution in [0.15, 0.2) is 60.8 Å². The zero-order valence-corrected chi connectivity index (χ0v) is 11.7. The van der Waals surface area contributed by atoms with Gasteiger partial charge in [0.1, 0.15) is 0 Å². The number of aromatic nitrogens is 3. The lowest BCUT2D eigenvalue weighted by Gasteiger charge is -2.04. The van der Waals surface area contributed by atoms with Gasteiger partial charge in [-0.05, 0) is 29.2 Å². The molecule has 0 bridgehead atoms. The van der Waals surface area contributed by atoms with Crippen LogP contribution in [0.25, 0.3) is 16.8 Å². The van der Waals surface area contributed by atoms with Crippen molar-refractivity contribution in [1.82, 2.24) is 15.0 Å². The highest BCUT2D eigenvalue weighted by molar-refractivity contribution is 5.64. The van der Waals surface area contributed by atoms with E-state index < -0.39 is 0 Å². The number of benzene rings is 2. The van der Waals surface area contributed by atoms with Crippen LogP contribution in [0.3, 0.4) is 0 Å². The van der Waals surface area contributed by atoms with Crippen LogP contribution in [-0.2, 0) is 0 Å². The molecule has 2 aromatic carbocycles. The Morgan fingerprint density at radius 1 is 0.850 bits per heavy atom. The molecule has 100 valence electrons. The van der Waals surface area contributed by atoms with Gasteiger partial charge in [-0.2, -0.15) is 0 Å². The molecule has 0 fully saturated rings. The summed E-state index contributed by atoms with van der Waals surface area (Å²) in [5, 5.41) is 8.36. The van der Waals surface area contributed by atoms with E-state index in [1.165, 1.54) is 11.1 Å². The van der Waals surface area contributed by atoms with E-state index in [0.29, 0.717) is 5.92 Å². The van der Waals surface area contributed by atoms with Crippen LogP contribution in [0.2, 0.25) is 0 Å². The zero-order chi connectivity index (χ0) is 13.9. The fraction of sp³-hybridized carbons (Fsp3) is 0.176. The van der Waals surface area contributed by atoms with Gasteiger partial charge >= 0.3 is 0 Å². The molecule has 0 unspecified atom stereocenters. The van der Waals surface area contributed by atoms with Crippen LogP contribution in [0.1, 0.15) is 25.5 Å². The Balaban J connectivity index is 1.89. The van der Waals surface area contributed by atoms with E-state index >= 15 is 0 Å². The molecule has 0 aliphatic heterocycles. The number of hydrogen-bond donors (Lipinski definition) is 0. The minimum absolute atomic E-state index is 0.396. The first-order chi connectivity index (χ1) is 9.74. The molecule has 20 heavy (non-hydrogen) atoms. The number of nitrogens with zero attached hydrogens (tertiary/aromatic N) is 3. The van der Waals surface area contributed by atoms with Crippen LogP contribution in [-0.4, -0.2) is 15.0 Å². The van der Waals surface area contributed by atoms with Gasteiger partial charge in [-0.25, -0.2) is 4.68 Å². The van der Waals surface area contributed by atoms with E-state index in [0.717, 1.165) is 11.4 Å². The first-order valence-electron chi connectivity index (χ1n) is 6.82. The third kappa shape index (κ3) is 2.48. The van der Waals surface area contributed by atoms with Crippen molar-refractivity contribution in [3.8, 4) is 16.8 Å². The molecule has 3 nitrogen and oxygen atoms in total. The van der Waals surface area contributed by atoms with E-state index in [4.69, 9.17) is 0 Å². The molecule has 3 rings (SSSR count). The maximum Gasteiger partial charge on any atom is 0.0857 e. The fourth-order valence-electron chi connectivity index (χ4n) is 2.10. The monoisotopic (exact) mass is 263 g/mol. The molecule has 0 radical (unpaired) electrons. The summed E-state index contributed by atoms with van der Waals surface area (Å²) in [4.78, 5) is 0. The van der Waals surface area contributed by atoms with E-state index in [1.807, 2.05) is 16.9 Å². The number of hydrogen-bond acceptors (Lipinski definition) is 2. The molecule has 0 aliphatic carbocycles. The molecule has 3 aromatic rings. The van der Waals surface area contributed by atoms with Gasteiger partial charge < -0.3 is 0 Å². The summed E-state index contributed by atoms with van der Waals surface area (Å²) in [7, 11) is 0. The third-order valence-electron chi connectivity index (χ3n) is 3.34. The molecule has 0 aliphatic rings. The molecule has 0 N–H and O–H groups in total. The minimum atomic E-state index is 0.396. The number of rotatable bonds is 3. The van der Waals surface area contributed by atoms with E-state index in [9.17, 15) is 0 Å². The lowest BCUT2D eigenvalue weighted by molar-refractivity contribution is 0.776. The summed E-state index contributed by atoms with van der Waals surface area (Å²) in [6.07, 6.45) is 1.99. The summed E-state index contributed by atoms with van der Waals surface area (Å²) < 4.78 is 1.82. The maximum atomic E-state index is 4.19. The Kier molecular flexibility index (Phi) is 3.33. The Morgan fingerprint density at radius 3 is 2.10 bits per heavy atom. The standard InChI is InChI=1S/C17H17N3/c1-13(2)17-12-20(19-18-17)16-10-8-15(9-11-16)14-6-4-3-5-7-14/h3-13H,1-2H3. The van der Waals surface area contributed by atoms with E-state index in [1.54, 1.807) is 0 Å². The normalized spacial score (nSPS) is 10.9. The van der Waals surface area contributed by atoms with Crippen molar-refractivity contribution in [2.45, 2.75) is 19.8 Å². The second-order valence-corrected chi connectivity index (χ2v) is 5.16. The summed E-state index contributed by atoms with van der Waals surface area (Å²) in [6.45, 7) is 4.24. The quantitative estimate of drug-likeness (QED) is 0.713. The van der Waals surface area contributed by atoms with Crippen molar-refractivity contribution in [2.24, 2.45) is 0 Å². The molecule has 1 aromatic heterocycles. The van der Waals surface area contributed by atoms with Gasteiger partial charge in [0.05, 0.1) is 17.6 Å². The predicted octanol–water partition coefficient (Wildman–Crippen LogP) is 4.06. The second-order valence-electron chi connectivity index (χ2n) is 5.16. The first-order valence-corrected chi connectivity index (χ1v) is 6.82. The highest BCUT2D eigenvalue weighted by atomic mass is 15.4. The van der Waals surface area contributed by atoms with Crippen molar-refractivity contribution in [2.75, 3.05) is 0 Å². The van der Waals surface area contributed by atoms with Gasteiger partial charge in [0, 0.05) is 0 Å². The molecule has 0 spiro atoms. The Labute approximate surface area is 118 Å². The van der Waals surface area contributed by atoms with Crippen molar-refractivity contribution in [3.63, 3.8) is 0 Å². The largest absolute Gasteiger partial charge is 0.220 e. The van der Waals surface area contributed by atoms with Gasteiger partial charge in [0.25, 0.3) is 0 Å². The molecular weight excluding hydrogens is 246 g/mol. The summed E-state index contributed by atoms with van der Waals surface area (Å²) in [5.74, 6) is 0.396. The second kappa shape index (κ2) is 5.29. The SMILES string of the molecule is CC(C)c1cn(-c2ccc(-c3ccccc3)cc2)nn1. The molecule has 0 saturated carbocycles. The van der Waals surface area contributed by atoms with Gasteiger partial charge in [-0.3, -0.25) is 0 Å². The summed E-state index contributed by atoms with van der Waals surface area (Å²) >= 11 is 0. The van der Waals surface area contributed by atoms with Gasteiger partial charge in [-0.1, -0.05) is 61.5 Å².